The van der Waals surface area contributed by atoms with Gasteiger partial charge in [-0.15, -0.1) is 0 Å². The van der Waals surface area contributed by atoms with Gasteiger partial charge in [0.2, 0.25) is 0 Å². The van der Waals surface area contributed by atoms with E-state index in [-0.39, 0.29) is 5.69 Å². The lowest BCUT2D eigenvalue weighted by atomic mass is 10.2. The normalized spacial score (nSPS) is 11.9. The highest BCUT2D eigenvalue weighted by atomic mass is 32.2. The fourth-order valence-corrected chi connectivity index (χ4v) is 2.29. The molecule has 1 unspecified atom stereocenters. The molecule has 6 nitrogen and oxygen atoms in total. The molecule has 0 bridgehead atoms. The standard InChI is InChI=1S/C12H20N4O2S/c1-4-13-11-5-10(16(17)18)6-12(15-11)14-7-9(2)8-19-3/h5-6,9H,4,7-8H2,1-3H3,(H2,13,14,15). The van der Waals surface area contributed by atoms with Crippen LogP contribution in [0.4, 0.5) is 17.3 Å². The first-order valence-electron chi connectivity index (χ1n) is 6.20. The molecule has 7 heteroatoms. The van der Waals surface area contributed by atoms with Crippen LogP contribution in [0.15, 0.2) is 12.1 Å². The molecule has 0 fully saturated rings. The third kappa shape index (κ3) is 5.34. The molecule has 0 radical (unpaired) electrons. The van der Waals surface area contributed by atoms with Gasteiger partial charge in [-0.25, -0.2) is 4.98 Å². The fourth-order valence-electron chi connectivity index (χ4n) is 1.61. The van der Waals surface area contributed by atoms with Crippen molar-refractivity contribution in [2.45, 2.75) is 13.8 Å². The van der Waals surface area contributed by atoms with Gasteiger partial charge in [-0.3, -0.25) is 10.1 Å². The Hall–Kier alpha value is -1.50. The number of nitrogens with one attached hydrogen (secondary N) is 2. The molecular formula is C12H20N4O2S. The van der Waals surface area contributed by atoms with Crippen LogP contribution in [0.2, 0.25) is 0 Å². The third-order valence-corrected chi connectivity index (χ3v) is 3.36. The Kier molecular flexibility index (Phi) is 6.41. The van der Waals surface area contributed by atoms with Gasteiger partial charge in [-0.1, -0.05) is 6.92 Å². The molecule has 1 aromatic rings. The molecule has 1 atom stereocenters. The predicted molar refractivity (Wildman–Crippen MR) is 81.1 cm³/mol. The van der Waals surface area contributed by atoms with Crippen molar-refractivity contribution in [3.8, 4) is 0 Å². The zero-order valence-corrected chi connectivity index (χ0v) is 12.3. The lowest BCUT2D eigenvalue weighted by molar-refractivity contribution is -0.384. The van der Waals surface area contributed by atoms with Crippen molar-refractivity contribution in [2.75, 3.05) is 35.7 Å². The number of thioether (sulfide) groups is 1. The average molecular weight is 284 g/mol. The van der Waals surface area contributed by atoms with E-state index in [4.69, 9.17) is 0 Å². The smallest absolute Gasteiger partial charge is 0.276 e. The Morgan fingerprint density at radius 1 is 1.42 bits per heavy atom. The number of nitrogens with zero attached hydrogens (tertiary/aromatic N) is 2. The molecule has 0 aliphatic carbocycles. The molecule has 1 aromatic heterocycles. The number of aromatic nitrogens is 1. The van der Waals surface area contributed by atoms with Gasteiger partial charge in [0.25, 0.3) is 5.69 Å². The number of hydrogen-bond donors (Lipinski definition) is 2. The van der Waals surface area contributed by atoms with Crippen molar-refractivity contribution in [1.82, 2.24) is 4.98 Å². The van der Waals surface area contributed by atoms with Crippen molar-refractivity contribution in [3.63, 3.8) is 0 Å². The van der Waals surface area contributed by atoms with Crippen molar-refractivity contribution in [1.29, 1.82) is 0 Å². The minimum Gasteiger partial charge on any atom is -0.370 e. The Labute approximate surface area is 117 Å². The zero-order chi connectivity index (χ0) is 14.3. The maximum Gasteiger partial charge on any atom is 0.276 e. The Morgan fingerprint density at radius 2 is 2.05 bits per heavy atom. The molecule has 106 valence electrons. The molecule has 19 heavy (non-hydrogen) atoms. The van der Waals surface area contributed by atoms with E-state index < -0.39 is 4.92 Å². The van der Waals surface area contributed by atoms with Gasteiger partial charge in [0.1, 0.15) is 11.6 Å². The van der Waals surface area contributed by atoms with E-state index in [0.29, 0.717) is 24.1 Å². The van der Waals surface area contributed by atoms with Gasteiger partial charge in [-0.05, 0) is 24.9 Å². The summed E-state index contributed by atoms with van der Waals surface area (Å²) in [7, 11) is 0. The van der Waals surface area contributed by atoms with Crippen LogP contribution in [0.25, 0.3) is 0 Å². The van der Waals surface area contributed by atoms with E-state index in [2.05, 4.69) is 28.8 Å². The van der Waals surface area contributed by atoms with Crippen LogP contribution in [-0.4, -0.2) is 35.0 Å². The van der Waals surface area contributed by atoms with Crippen LogP contribution in [-0.2, 0) is 0 Å². The van der Waals surface area contributed by atoms with E-state index in [1.54, 1.807) is 11.8 Å². The highest BCUT2D eigenvalue weighted by molar-refractivity contribution is 7.98. The molecular weight excluding hydrogens is 264 g/mol. The molecule has 2 N–H and O–H groups in total. The third-order valence-electron chi connectivity index (χ3n) is 2.46. The Bertz CT molecular complexity index is 428. The Balaban J connectivity index is 2.78. The summed E-state index contributed by atoms with van der Waals surface area (Å²) < 4.78 is 0. The van der Waals surface area contributed by atoms with Gasteiger partial charge >= 0.3 is 0 Å². The van der Waals surface area contributed by atoms with Crippen molar-refractivity contribution >= 4 is 29.1 Å². The molecule has 0 saturated carbocycles. The summed E-state index contributed by atoms with van der Waals surface area (Å²) >= 11 is 1.78. The monoisotopic (exact) mass is 284 g/mol. The maximum absolute atomic E-state index is 10.9. The zero-order valence-electron chi connectivity index (χ0n) is 11.5. The highest BCUT2D eigenvalue weighted by Gasteiger charge is 2.11. The maximum atomic E-state index is 10.9. The van der Waals surface area contributed by atoms with Crippen LogP contribution < -0.4 is 10.6 Å². The predicted octanol–water partition coefficient (Wildman–Crippen LogP) is 2.83. The van der Waals surface area contributed by atoms with Crippen LogP contribution in [0.3, 0.4) is 0 Å². The number of anilines is 2. The summed E-state index contributed by atoms with van der Waals surface area (Å²) in [6.45, 7) is 5.48. The first-order chi connectivity index (χ1) is 9.06. The topological polar surface area (TPSA) is 80.1 Å². The van der Waals surface area contributed by atoms with Crippen LogP contribution in [0, 0.1) is 16.0 Å². The van der Waals surface area contributed by atoms with Crippen molar-refractivity contribution in [2.24, 2.45) is 5.92 Å². The quantitative estimate of drug-likeness (QED) is 0.564. The van der Waals surface area contributed by atoms with Gasteiger partial charge in [-0.2, -0.15) is 11.8 Å². The molecule has 0 aliphatic rings. The number of pyridine rings is 1. The van der Waals surface area contributed by atoms with E-state index in [9.17, 15) is 10.1 Å². The lowest BCUT2D eigenvalue weighted by Crippen LogP contribution is -2.14. The second-order valence-electron chi connectivity index (χ2n) is 4.32. The first kappa shape index (κ1) is 15.6. The summed E-state index contributed by atoms with van der Waals surface area (Å²) in [5, 5.41) is 17.0. The molecule has 0 aromatic carbocycles. The van der Waals surface area contributed by atoms with Crippen LogP contribution in [0.5, 0.6) is 0 Å². The average Bonchev–Trinajstić information content (AvgIpc) is 2.37. The fraction of sp³-hybridized carbons (Fsp3) is 0.583. The Morgan fingerprint density at radius 3 is 2.58 bits per heavy atom. The second kappa shape index (κ2) is 7.83. The summed E-state index contributed by atoms with van der Waals surface area (Å²) in [6.07, 6.45) is 2.06. The minimum atomic E-state index is -0.404. The molecule has 1 heterocycles. The van der Waals surface area contributed by atoms with Gasteiger partial charge in [0.15, 0.2) is 0 Å². The number of hydrogen-bond acceptors (Lipinski definition) is 6. The van der Waals surface area contributed by atoms with Crippen molar-refractivity contribution < 1.29 is 4.92 Å². The summed E-state index contributed by atoms with van der Waals surface area (Å²) in [5.74, 6) is 2.59. The lowest BCUT2D eigenvalue weighted by Gasteiger charge is -2.12. The second-order valence-corrected chi connectivity index (χ2v) is 5.24. The number of rotatable bonds is 8. The summed E-state index contributed by atoms with van der Waals surface area (Å²) in [6, 6.07) is 2.91. The van der Waals surface area contributed by atoms with E-state index in [1.165, 1.54) is 12.1 Å². The summed E-state index contributed by atoms with van der Waals surface area (Å²) in [5.41, 5.74) is 0.0472. The largest absolute Gasteiger partial charge is 0.370 e. The molecule has 0 spiro atoms. The molecule has 0 saturated heterocycles. The van der Waals surface area contributed by atoms with Gasteiger partial charge in [0, 0.05) is 13.1 Å². The van der Waals surface area contributed by atoms with Crippen LogP contribution in [0.1, 0.15) is 13.8 Å². The molecule has 1 rings (SSSR count). The van der Waals surface area contributed by atoms with Crippen LogP contribution >= 0.6 is 11.8 Å². The minimum absolute atomic E-state index is 0.0472. The van der Waals surface area contributed by atoms with Gasteiger partial charge in [0.05, 0.1) is 17.1 Å². The van der Waals surface area contributed by atoms with Crippen molar-refractivity contribution in [3.05, 3.63) is 22.2 Å². The first-order valence-corrected chi connectivity index (χ1v) is 7.59. The van der Waals surface area contributed by atoms with E-state index in [0.717, 1.165) is 12.3 Å². The van der Waals surface area contributed by atoms with E-state index in [1.807, 2.05) is 6.92 Å². The number of nitro groups is 1. The summed E-state index contributed by atoms with van der Waals surface area (Å²) in [4.78, 5) is 14.8. The molecule has 0 amide bonds. The SMILES string of the molecule is CCNc1cc([N+](=O)[O-])cc(NCC(C)CSC)n1. The highest BCUT2D eigenvalue weighted by Crippen LogP contribution is 2.20. The molecule has 0 aliphatic heterocycles. The van der Waals surface area contributed by atoms with E-state index >= 15 is 0 Å². The van der Waals surface area contributed by atoms with Gasteiger partial charge < -0.3 is 10.6 Å².